The minimum atomic E-state index is -0.320. The first-order chi connectivity index (χ1) is 11.7. The lowest BCUT2D eigenvalue weighted by atomic mass is 10.1. The number of nitrogens with zero attached hydrogens (tertiary/aromatic N) is 2. The SMILES string of the molecule is CCOC(=O)c1cn(Cc2ccc(Cl)cc2)cc1-c1ccncc1. The third-order valence-corrected chi connectivity index (χ3v) is 3.90. The lowest BCUT2D eigenvalue weighted by molar-refractivity contribution is 0.0527. The lowest BCUT2D eigenvalue weighted by Crippen LogP contribution is -2.05. The highest BCUT2D eigenvalue weighted by atomic mass is 35.5. The molecule has 0 aliphatic heterocycles. The Morgan fingerprint density at radius 3 is 2.50 bits per heavy atom. The van der Waals surface area contributed by atoms with E-state index in [2.05, 4.69) is 4.98 Å². The molecule has 0 saturated heterocycles. The summed E-state index contributed by atoms with van der Waals surface area (Å²) in [6.07, 6.45) is 7.19. The number of carbonyl (C=O) groups excluding carboxylic acids is 1. The van der Waals surface area contributed by atoms with E-state index in [1.807, 2.05) is 53.4 Å². The molecule has 0 atom stereocenters. The first-order valence-electron chi connectivity index (χ1n) is 7.69. The molecule has 0 amide bonds. The van der Waals surface area contributed by atoms with Gasteiger partial charge >= 0.3 is 5.97 Å². The second-order valence-electron chi connectivity index (χ2n) is 5.34. The van der Waals surface area contributed by atoms with Gasteiger partial charge in [-0.25, -0.2) is 4.79 Å². The van der Waals surface area contributed by atoms with Gasteiger partial charge in [0.15, 0.2) is 0 Å². The van der Waals surface area contributed by atoms with Crippen molar-refractivity contribution in [3.8, 4) is 11.1 Å². The van der Waals surface area contributed by atoms with E-state index in [0.717, 1.165) is 16.7 Å². The predicted octanol–water partition coefficient (Wildman–Crippen LogP) is 4.43. The summed E-state index contributed by atoms with van der Waals surface area (Å²) >= 11 is 5.93. The maximum atomic E-state index is 12.3. The Balaban J connectivity index is 1.96. The predicted molar refractivity (Wildman–Crippen MR) is 94.2 cm³/mol. The zero-order valence-electron chi connectivity index (χ0n) is 13.3. The van der Waals surface area contributed by atoms with E-state index in [9.17, 15) is 4.79 Å². The maximum absolute atomic E-state index is 12.3. The Morgan fingerprint density at radius 2 is 1.83 bits per heavy atom. The topological polar surface area (TPSA) is 44.1 Å². The molecule has 0 radical (unpaired) electrons. The van der Waals surface area contributed by atoms with Gasteiger partial charge in [0.1, 0.15) is 0 Å². The zero-order valence-corrected chi connectivity index (χ0v) is 14.0. The summed E-state index contributed by atoms with van der Waals surface area (Å²) in [5, 5.41) is 0.705. The molecule has 2 aromatic heterocycles. The van der Waals surface area contributed by atoms with E-state index in [1.54, 1.807) is 19.3 Å². The molecule has 122 valence electrons. The molecule has 3 aromatic rings. The lowest BCUT2D eigenvalue weighted by Gasteiger charge is -2.03. The molecule has 0 fully saturated rings. The van der Waals surface area contributed by atoms with Gasteiger partial charge in [-0.15, -0.1) is 0 Å². The highest BCUT2D eigenvalue weighted by Gasteiger charge is 2.17. The van der Waals surface area contributed by atoms with Gasteiger partial charge in [-0.1, -0.05) is 23.7 Å². The van der Waals surface area contributed by atoms with Crippen LogP contribution in [0.3, 0.4) is 0 Å². The van der Waals surface area contributed by atoms with E-state index >= 15 is 0 Å². The van der Waals surface area contributed by atoms with Crippen LogP contribution >= 0.6 is 11.6 Å². The number of esters is 1. The smallest absolute Gasteiger partial charge is 0.340 e. The fourth-order valence-electron chi connectivity index (χ4n) is 2.53. The van der Waals surface area contributed by atoms with Crippen molar-refractivity contribution in [3.05, 3.63) is 77.3 Å². The zero-order chi connectivity index (χ0) is 16.9. The number of pyridine rings is 1. The van der Waals surface area contributed by atoms with Crippen LogP contribution in [0, 0.1) is 0 Å². The van der Waals surface area contributed by atoms with Crippen LogP contribution in [0.15, 0.2) is 61.2 Å². The maximum Gasteiger partial charge on any atom is 0.340 e. The number of rotatable bonds is 5. The molecule has 0 bridgehead atoms. The monoisotopic (exact) mass is 340 g/mol. The third-order valence-electron chi connectivity index (χ3n) is 3.65. The number of benzene rings is 1. The van der Waals surface area contributed by atoms with Crippen molar-refractivity contribution >= 4 is 17.6 Å². The average molecular weight is 341 g/mol. The van der Waals surface area contributed by atoms with E-state index in [0.29, 0.717) is 23.7 Å². The molecule has 1 aromatic carbocycles. The molecule has 4 nitrogen and oxygen atoms in total. The van der Waals surface area contributed by atoms with Crippen LogP contribution in [0.2, 0.25) is 5.02 Å². The van der Waals surface area contributed by atoms with Crippen molar-refractivity contribution < 1.29 is 9.53 Å². The Bertz CT molecular complexity index is 826. The number of halogens is 1. The quantitative estimate of drug-likeness (QED) is 0.645. The molecule has 3 rings (SSSR count). The summed E-state index contributed by atoms with van der Waals surface area (Å²) in [6.45, 7) is 2.79. The van der Waals surface area contributed by atoms with Crippen molar-refractivity contribution in [2.75, 3.05) is 6.61 Å². The van der Waals surface area contributed by atoms with Crippen LogP contribution in [0.25, 0.3) is 11.1 Å². The number of hydrogen-bond acceptors (Lipinski definition) is 3. The van der Waals surface area contributed by atoms with Gasteiger partial charge < -0.3 is 9.30 Å². The normalized spacial score (nSPS) is 10.6. The van der Waals surface area contributed by atoms with Crippen molar-refractivity contribution in [1.29, 1.82) is 0 Å². The molecule has 0 aliphatic carbocycles. The molecule has 0 unspecified atom stereocenters. The second-order valence-corrected chi connectivity index (χ2v) is 5.78. The van der Waals surface area contributed by atoms with Gasteiger partial charge in [0.05, 0.1) is 12.2 Å². The van der Waals surface area contributed by atoms with Gasteiger partial charge in [0.2, 0.25) is 0 Å². The van der Waals surface area contributed by atoms with Crippen molar-refractivity contribution in [2.24, 2.45) is 0 Å². The first-order valence-corrected chi connectivity index (χ1v) is 8.07. The molecule has 5 heteroatoms. The number of hydrogen-bond donors (Lipinski definition) is 0. The minimum Gasteiger partial charge on any atom is -0.462 e. The van der Waals surface area contributed by atoms with Crippen LogP contribution in [0.5, 0.6) is 0 Å². The fraction of sp³-hybridized carbons (Fsp3) is 0.158. The third kappa shape index (κ3) is 3.66. The molecule has 24 heavy (non-hydrogen) atoms. The largest absolute Gasteiger partial charge is 0.462 e. The molecular formula is C19H17ClN2O2. The summed E-state index contributed by atoms with van der Waals surface area (Å²) in [6, 6.07) is 11.4. The van der Waals surface area contributed by atoms with Crippen LogP contribution < -0.4 is 0 Å². The van der Waals surface area contributed by atoms with Gasteiger partial charge in [-0.05, 0) is 42.3 Å². The highest BCUT2D eigenvalue weighted by molar-refractivity contribution is 6.30. The van der Waals surface area contributed by atoms with Crippen LogP contribution in [0.4, 0.5) is 0 Å². The summed E-state index contributed by atoms with van der Waals surface area (Å²) in [5.74, 6) is -0.320. The van der Waals surface area contributed by atoms with Crippen LogP contribution in [0.1, 0.15) is 22.8 Å². The van der Waals surface area contributed by atoms with Crippen LogP contribution in [-0.4, -0.2) is 22.1 Å². The molecule has 0 N–H and O–H groups in total. The fourth-order valence-corrected chi connectivity index (χ4v) is 2.66. The Labute approximate surface area is 145 Å². The average Bonchev–Trinajstić information content (AvgIpc) is 3.02. The van der Waals surface area contributed by atoms with Crippen molar-refractivity contribution in [3.63, 3.8) is 0 Å². The summed E-state index contributed by atoms with van der Waals surface area (Å²) < 4.78 is 7.16. The van der Waals surface area contributed by atoms with Gasteiger partial charge in [0.25, 0.3) is 0 Å². The number of carbonyl (C=O) groups is 1. The Morgan fingerprint density at radius 1 is 1.12 bits per heavy atom. The van der Waals surface area contributed by atoms with Crippen molar-refractivity contribution in [2.45, 2.75) is 13.5 Å². The summed E-state index contributed by atoms with van der Waals surface area (Å²) in [4.78, 5) is 16.3. The summed E-state index contributed by atoms with van der Waals surface area (Å²) in [7, 11) is 0. The number of ether oxygens (including phenoxy) is 1. The molecule has 0 spiro atoms. The molecular weight excluding hydrogens is 324 g/mol. The van der Waals surface area contributed by atoms with Crippen molar-refractivity contribution in [1.82, 2.24) is 9.55 Å². The molecule has 2 heterocycles. The Hall–Kier alpha value is -2.59. The molecule has 0 aliphatic rings. The highest BCUT2D eigenvalue weighted by Crippen LogP contribution is 2.26. The van der Waals surface area contributed by atoms with Gasteiger partial charge in [0, 0.05) is 41.9 Å². The van der Waals surface area contributed by atoms with E-state index < -0.39 is 0 Å². The standard InChI is InChI=1S/C19H17ClN2O2/c1-2-24-19(23)18-13-22(11-14-3-5-16(20)6-4-14)12-17(18)15-7-9-21-10-8-15/h3-10,12-13H,2,11H2,1H3. The van der Waals surface area contributed by atoms with Crippen LogP contribution in [-0.2, 0) is 11.3 Å². The minimum absolute atomic E-state index is 0.320. The summed E-state index contributed by atoms with van der Waals surface area (Å²) in [5.41, 5.74) is 3.43. The second kappa shape index (κ2) is 7.32. The van der Waals surface area contributed by atoms with Gasteiger partial charge in [-0.3, -0.25) is 4.98 Å². The Kier molecular flexibility index (Phi) is 4.96. The van der Waals surface area contributed by atoms with E-state index in [1.165, 1.54) is 0 Å². The van der Waals surface area contributed by atoms with Gasteiger partial charge in [-0.2, -0.15) is 0 Å². The van der Waals surface area contributed by atoms with E-state index in [-0.39, 0.29) is 5.97 Å². The number of aromatic nitrogens is 2. The first kappa shape index (κ1) is 16.3. The van der Waals surface area contributed by atoms with E-state index in [4.69, 9.17) is 16.3 Å². The molecule has 0 saturated carbocycles.